The SMILES string of the molecule is Cn1cc([C@H]2CNC[C@@H]2C(=O)Nc2cccc(C(N)=O)c2)cn1. The summed E-state index contributed by atoms with van der Waals surface area (Å²) in [6.07, 6.45) is 3.73. The van der Waals surface area contributed by atoms with Gasteiger partial charge in [-0.15, -0.1) is 0 Å². The summed E-state index contributed by atoms with van der Waals surface area (Å²) in [6.45, 7) is 1.35. The Bertz CT molecular complexity index is 740. The third-order valence-corrected chi connectivity index (χ3v) is 4.12. The number of nitrogens with one attached hydrogen (secondary N) is 2. The maximum absolute atomic E-state index is 12.6. The first-order valence-corrected chi connectivity index (χ1v) is 7.44. The van der Waals surface area contributed by atoms with Gasteiger partial charge in [0.15, 0.2) is 0 Å². The van der Waals surface area contributed by atoms with E-state index in [9.17, 15) is 9.59 Å². The Morgan fingerprint density at radius 3 is 2.91 bits per heavy atom. The van der Waals surface area contributed by atoms with E-state index < -0.39 is 5.91 Å². The topological polar surface area (TPSA) is 102 Å². The summed E-state index contributed by atoms with van der Waals surface area (Å²) in [5, 5.41) is 10.3. The van der Waals surface area contributed by atoms with Crippen LogP contribution in [-0.4, -0.2) is 34.7 Å². The molecule has 2 atom stereocenters. The van der Waals surface area contributed by atoms with E-state index >= 15 is 0 Å². The summed E-state index contributed by atoms with van der Waals surface area (Å²) in [5.41, 5.74) is 7.25. The number of amides is 2. The minimum absolute atomic E-state index is 0.0783. The van der Waals surface area contributed by atoms with Crippen molar-refractivity contribution < 1.29 is 9.59 Å². The summed E-state index contributed by atoms with van der Waals surface area (Å²) in [6, 6.07) is 6.64. The van der Waals surface area contributed by atoms with Gasteiger partial charge in [0.05, 0.1) is 12.1 Å². The Morgan fingerprint density at radius 1 is 1.39 bits per heavy atom. The van der Waals surface area contributed by atoms with Crippen LogP contribution in [0.25, 0.3) is 0 Å². The summed E-state index contributed by atoms with van der Waals surface area (Å²) in [7, 11) is 1.86. The number of anilines is 1. The van der Waals surface area contributed by atoms with Gasteiger partial charge in [-0.05, 0) is 23.8 Å². The average Bonchev–Trinajstić information content (AvgIpc) is 3.15. The maximum atomic E-state index is 12.6. The van der Waals surface area contributed by atoms with Crippen LogP contribution in [0.4, 0.5) is 5.69 Å². The van der Waals surface area contributed by atoms with Crippen molar-refractivity contribution in [3.63, 3.8) is 0 Å². The van der Waals surface area contributed by atoms with Crippen molar-refractivity contribution in [2.75, 3.05) is 18.4 Å². The molecule has 1 aromatic carbocycles. The standard InChI is InChI=1S/C16H19N5O2/c1-21-9-11(6-19-21)13-7-18-8-14(13)16(23)20-12-4-2-3-10(5-12)15(17)22/h2-6,9,13-14,18H,7-8H2,1H3,(H2,17,22)(H,20,23)/t13-,14+/m1/s1. The monoisotopic (exact) mass is 313 g/mol. The molecular formula is C16H19N5O2. The van der Waals surface area contributed by atoms with Gasteiger partial charge >= 0.3 is 0 Å². The van der Waals surface area contributed by atoms with E-state index in [4.69, 9.17) is 5.73 Å². The van der Waals surface area contributed by atoms with Crippen LogP contribution in [-0.2, 0) is 11.8 Å². The molecule has 1 aliphatic rings. The molecule has 0 aliphatic carbocycles. The maximum Gasteiger partial charge on any atom is 0.248 e. The van der Waals surface area contributed by atoms with Gasteiger partial charge in [0.2, 0.25) is 11.8 Å². The predicted octanol–water partition coefficient (Wildman–Crippen LogP) is 0.461. The van der Waals surface area contributed by atoms with Crippen molar-refractivity contribution in [3.8, 4) is 0 Å². The molecular weight excluding hydrogens is 294 g/mol. The highest BCUT2D eigenvalue weighted by Crippen LogP contribution is 2.28. The number of nitrogens with zero attached hydrogens (tertiary/aromatic N) is 2. The molecule has 4 N–H and O–H groups in total. The second-order valence-corrected chi connectivity index (χ2v) is 5.75. The Morgan fingerprint density at radius 2 is 2.22 bits per heavy atom. The van der Waals surface area contributed by atoms with Crippen LogP contribution in [0.3, 0.4) is 0 Å². The Balaban J connectivity index is 1.74. The zero-order valence-electron chi connectivity index (χ0n) is 12.8. The molecule has 0 bridgehead atoms. The van der Waals surface area contributed by atoms with Gasteiger partial charge in [0, 0.05) is 43.5 Å². The zero-order valence-corrected chi connectivity index (χ0v) is 12.8. The van der Waals surface area contributed by atoms with E-state index in [0.29, 0.717) is 17.8 Å². The Kier molecular flexibility index (Phi) is 4.12. The van der Waals surface area contributed by atoms with Crippen molar-refractivity contribution in [1.29, 1.82) is 0 Å². The largest absolute Gasteiger partial charge is 0.366 e. The van der Waals surface area contributed by atoms with Crippen LogP contribution >= 0.6 is 0 Å². The van der Waals surface area contributed by atoms with E-state index in [1.54, 1.807) is 35.1 Å². The number of nitrogens with two attached hydrogens (primary N) is 1. The molecule has 1 fully saturated rings. The second kappa shape index (κ2) is 6.21. The summed E-state index contributed by atoms with van der Waals surface area (Å²) in [5.74, 6) is -0.693. The number of aryl methyl sites for hydroxylation is 1. The lowest BCUT2D eigenvalue weighted by Crippen LogP contribution is -2.28. The highest BCUT2D eigenvalue weighted by molar-refractivity contribution is 5.97. The van der Waals surface area contributed by atoms with E-state index in [2.05, 4.69) is 15.7 Å². The molecule has 2 amide bonds. The molecule has 120 valence electrons. The van der Waals surface area contributed by atoms with Crippen LogP contribution in [0.1, 0.15) is 21.8 Å². The number of hydrogen-bond donors (Lipinski definition) is 3. The highest BCUT2D eigenvalue weighted by atomic mass is 16.2. The zero-order chi connectivity index (χ0) is 16.4. The smallest absolute Gasteiger partial charge is 0.248 e. The van der Waals surface area contributed by atoms with Crippen LogP contribution < -0.4 is 16.4 Å². The van der Waals surface area contributed by atoms with Crippen LogP contribution in [0.2, 0.25) is 0 Å². The lowest BCUT2D eigenvalue weighted by molar-refractivity contribution is -0.119. The summed E-state index contributed by atoms with van der Waals surface area (Å²) < 4.78 is 1.74. The van der Waals surface area contributed by atoms with E-state index in [-0.39, 0.29) is 17.7 Å². The van der Waals surface area contributed by atoms with Gasteiger partial charge in [0.1, 0.15) is 0 Å². The number of benzene rings is 1. The highest BCUT2D eigenvalue weighted by Gasteiger charge is 2.34. The molecule has 0 unspecified atom stereocenters. The van der Waals surface area contributed by atoms with Crippen molar-refractivity contribution in [3.05, 3.63) is 47.8 Å². The number of carbonyl (C=O) groups excluding carboxylic acids is 2. The molecule has 0 radical (unpaired) electrons. The molecule has 0 spiro atoms. The van der Waals surface area contributed by atoms with E-state index in [0.717, 1.165) is 12.1 Å². The van der Waals surface area contributed by atoms with Crippen molar-refractivity contribution in [2.45, 2.75) is 5.92 Å². The fourth-order valence-electron chi connectivity index (χ4n) is 2.92. The molecule has 1 aliphatic heterocycles. The van der Waals surface area contributed by atoms with E-state index in [1.807, 2.05) is 13.2 Å². The predicted molar refractivity (Wildman–Crippen MR) is 85.9 cm³/mol. The van der Waals surface area contributed by atoms with E-state index in [1.165, 1.54) is 0 Å². The summed E-state index contributed by atoms with van der Waals surface area (Å²) >= 11 is 0. The molecule has 23 heavy (non-hydrogen) atoms. The molecule has 3 rings (SSSR count). The van der Waals surface area contributed by atoms with Gasteiger partial charge in [0.25, 0.3) is 0 Å². The number of aromatic nitrogens is 2. The van der Waals surface area contributed by atoms with Crippen molar-refractivity contribution in [1.82, 2.24) is 15.1 Å². The molecule has 2 aromatic rings. The first-order valence-electron chi connectivity index (χ1n) is 7.44. The Labute approximate surface area is 133 Å². The fraction of sp³-hybridized carbons (Fsp3) is 0.312. The van der Waals surface area contributed by atoms with Crippen molar-refractivity contribution >= 4 is 17.5 Å². The second-order valence-electron chi connectivity index (χ2n) is 5.75. The van der Waals surface area contributed by atoms with Crippen molar-refractivity contribution in [2.24, 2.45) is 18.7 Å². The lowest BCUT2D eigenvalue weighted by atomic mass is 9.90. The third kappa shape index (κ3) is 3.24. The quantitative estimate of drug-likeness (QED) is 0.763. The van der Waals surface area contributed by atoms with Gasteiger partial charge in [-0.1, -0.05) is 6.07 Å². The molecule has 0 saturated carbocycles. The molecule has 1 aromatic heterocycles. The summed E-state index contributed by atoms with van der Waals surface area (Å²) in [4.78, 5) is 23.8. The third-order valence-electron chi connectivity index (χ3n) is 4.12. The molecule has 1 saturated heterocycles. The van der Waals surface area contributed by atoms with Gasteiger partial charge in [-0.3, -0.25) is 14.3 Å². The number of hydrogen-bond acceptors (Lipinski definition) is 4. The minimum atomic E-state index is -0.517. The normalized spacial score (nSPS) is 20.4. The fourth-order valence-corrected chi connectivity index (χ4v) is 2.92. The van der Waals surface area contributed by atoms with Gasteiger partial charge in [-0.2, -0.15) is 5.10 Å². The number of rotatable bonds is 4. The van der Waals surface area contributed by atoms with Crippen LogP contribution in [0.5, 0.6) is 0 Å². The van der Waals surface area contributed by atoms with Crippen LogP contribution in [0.15, 0.2) is 36.7 Å². The molecule has 7 nitrogen and oxygen atoms in total. The minimum Gasteiger partial charge on any atom is -0.366 e. The first kappa shape index (κ1) is 15.2. The number of carbonyl (C=O) groups is 2. The molecule has 7 heteroatoms. The average molecular weight is 313 g/mol. The van der Waals surface area contributed by atoms with Gasteiger partial charge in [-0.25, -0.2) is 0 Å². The first-order chi connectivity index (χ1) is 11.0. The molecule has 2 heterocycles. The lowest BCUT2D eigenvalue weighted by Gasteiger charge is -2.17. The van der Waals surface area contributed by atoms with Gasteiger partial charge < -0.3 is 16.4 Å². The van der Waals surface area contributed by atoms with Crippen LogP contribution in [0, 0.1) is 5.92 Å². The number of primary amides is 1. The Hall–Kier alpha value is -2.67.